The zero-order chi connectivity index (χ0) is 14.3. The summed E-state index contributed by atoms with van der Waals surface area (Å²) < 4.78 is 41.1. The fourth-order valence-electron chi connectivity index (χ4n) is 2.09. The molecule has 20 heavy (non-hydrogen) atoms. The number of benzene rings is 1. The maximum Gasteiger partial charge on any atom is 0.268 e. The Kier molecular flexibility index (Phi) is 3.14. The molecule has 106 valence electrons. The van der Waals surface area contributed by atoms with Crippen LogP contribution in [-0.4, -0.2) is 29.7 Å². The van der Waals surface area contributed by atoms with Crippen LogP contribution in [0.3, 0.4) is 0 Å². The summed E-state index contributed by atoms with van der Waals surface area (Å²) >= 11 is 5.89. The van der Waals surface area contributed by atoms with Gasteiger partial charge in [-0.3, -0.25) is 0 Å². The zero-order valence-corrected chi connectivity index (χ0v) is 11.8. The van der Waals surface area contributed by atoms with Crippen LogP contribution in [0.2, 0.25) is 5.02 Å². The highest BCUT2D eigenvalue weighted by molar-refractivity contribution is 7.93. The van der Waals surface area contributed by atoms with Gasteiger partial charge in [-0.05, 0) is 24.6 Å². The first-order chi connectivity index (χ1) is 9.50. The molecule has 0 unspecified atom stereocenters. The molecule has 0 saturated heterocycles. The lowest BCUT2D eigenvalue weighted by Gasteiger charge is -2.27. The molecule has 1 aromatic heterocycles. The average Bonchev–Trinajstić information content (AvgIpc) is 2.89. The monoisotopic (exact) mass is 316 g/mol. The van der Waals surface area contributed by atoms with Crippen LogP contribution in [0.15, 0.2) is 29.4 Å². The van der Waals surface area contributed by atoms with E-state index >= 15 is 0 Å². The number of rotatable bonds is 2. The summed E-state index contributed by atoms with van der Waals surface area (Å²) in [6, 6.07) is 3.24. The van der Waals surface area contributed by atoms with Crippen LogP contribution >= 0.6 is 11.6 Å². The molecule has 0 fully saturated rings. The van der Waals surface area contributed by atoms with E-state index in [1.807, 2.05) is 0 Å². The second kappa shape index (κ2) is 4.71. The first-order valence-electron chi connectivity index (χ1n) is 5.86. The number of nitrogens with zero attached hydrogens (tertiary/aromatic N) is 4. The zero-order valence-electron chi connectivity index (χ0n) is 10.2. The van der Waals surface area contributed by atoms with Crippen LogP contribution < -0.4 is 4.31 Å². The van der Waals surface area contributed by atoms with E-state index in [1.165, 1.54) is 17.1 Å². The number of sulfonamides is 1. The molecule has 1 aromatic carbocycles. The summed E-state index contributed by atoms with van der Waals surface area (Å²) in [7, 11) is -3.96. The number of hydrogen-bond acceptors (Lipinski definition) is 4. The van der Waals surface area contributed by atoms with Crippen molar-refractivity contribution in [2.45, 2.75) is 17.9 Å². The number of halogens is 2. The molecule has 0 bridgehead atoms. The predicted molar refractivity (Wildman–Crippen MR) is 70.6 cm³/mol. The molecule has 1 aliphatic heterocycles. The Balaban J connectivity index is 2.13. The van der Waals surface area contributed by atoms with Gasteiger partial charge < -0.3 is 0 Å². The van der Waals surface area contributed by atoms with Crippen molar-refractivity contribution in [1.29, 1.82) is 0 Å². The third-order valence-corrected chi connectivity index (χ3v) is 5.27. The molecule has 0 radical (unpaired) electrons. The van der Waals surface area contributed by atoms with Gasteiger partial charge in [0.15, 0.2) is 0 Å². The van der Waals surface area contributed by atoms with Gasteiger partial charge in [0.2, 0.25) is 5.95 Å². The van der Waals surface area contributed by atoms with Crippen LogP contribution in [0.4, 0.5) is 10.3 Å². The van der Waals surface area contributed by atoms with E-state index in [0.29, 0.717) is 13.0 Å². The Morgan fingerprint density at radius 1 is 1.30 bits per heavy atom. The molecule has 0 spiro atoms. The SMILES string of the molecule is O=S(=O)(c1cc(F)ccc1Cl)N1CCCn2ncnc21. The normalized spacial score (nSPS) is 15.2. The molecular weight excluding hydrogens is 307 g/mol. The van der Waals surface area contributed by atoms with E-state index in [1.54, 1.807) is 0 Å². The number of anilines is 1. The van der Waals surface area contributed by atoms with Gasteiger partial charge in [-0.25, -0.2) is 21.8 Å². The summed E-state index contributed by atoms with van der Waals surface area (Å²) in [6.45, 7) is 0.853. The maximum atomic E-state index is 13.3. The molecule has 0 N–H and O–H groups in total. The van der Waals surface area contributed by atoms with E-state index in [2.05, 4.69) is 10.1 Å². The summed E-state index contributed by atoms with van der Waals surface area (Å²) in [5, 5.41) is 3.92. The summed E-state index contributed by atoms with van der Waals surface area (Å²) in [5.41, 5.74) is 0. The molecule has 0 saturated carbocycles. The molecule has 1 aliphatic rings. The lowest BCUT2D eigenvalue weighted by molar-refractivity contribution is 0.529. The summed E-state index contributed by atoms with van der Waals surface area (Å²) in [4.78, 5) is 3.68. The third kappa shape index (κ3) is 2.04. The van der Waals surface area contributed by atoms with Crippen molar-refractivity contribution in [2.75, 3.05) is 10.8 Å². The fraction of sp³-hybridized carbons (Fsp3) is 0.273. The van der Waals surface area contributed by atoms with Crippen LogP contribution in [-0.2, 0) is 16.6 Å². The summed E-state index contributed by atoms with van der Waals surface area (Å²) in [6.07, 6.45) is 1.89. The minimum Gasteiger partial charge on any atom is -0.234 e. The minimum atomic E-state index is -3.96. The van der Waals surface area contributed by atoms with Crippen LogP contribution in [0, 0.1) is 5.82 Å². The van der Waals surface area contributed by atoms with Crippen molar-refractivity contribution < 1.29 is 12.8 Å². The van der Waals surface area contributed by atoms with E-state index in [-0.39, 0.29) is 22.4 Å². The van der Waals surface area contributed by atoms with E-state index in [0.717, 1.165) is 16.4 Å². The van der Waals surface area contributed by atoms with Crippen LogP contribution in [0.1, 0.15) is 6.42 Å². The topological polar surface area (TPSA) is 68.1 Å². The molecule has 0 amide bonds. The lowest BCUT2D eigenvalue weighted by atomic mass is 10.3. The Morgan fingerprint density at radius 3 is 2.90 bits per heavy atom. The van der Waals surface area contributed by atoms with E-state index < -0.39 is 15.8 Å². The van der Waals surface area contributed by atoms with Gasteiger partial charge in [0.05, 0.1) is 5.02 Å². The second-order valence-electron chi connectivity index (χ2n) is 4.29. The largest absolute Gasteiger partial charge is 0.268 e. The highest BCUT2D eigenvalue weighted by atomic mass is 35.5. The average molecular weight is 317 g/mol. The van der Waals surface area contributed by atoms with Crippen molar-refractivity contribution >= 4 is 27.6 Å². The molecule has 0 aliphatic carbocycles. The van der Waals surface area contributed by atoms with Crippen molar-refractivity contribution in [3.8, 4) is 0 Å². The first kappa shape index (κ1) is 13.3. The Morgan fingerprint density at radius 2 is 2.10 bits per heavy atom. The number of hydrogen-bond donors (Lipinski definition) is 0. The van der Waals surface area contributed by atoms with Crippen molar-refractivity contribution in [1.82, 2.24) is 14.8 Å². The molecule has 2 aromatic rings. The standard InChI is InChI=1S/C11H10ClFN4O2S/c12-9-3-2-8(13)6-10(9)20(18,19)17-5-1-4-16-11(17)14-7-15-16/h2-3,6-7H,1,4-5H2. The molecule has 2 heterocycles. The Hall–Kier alpha value is -1.67. The smallest absolute Gasteiger partial charge is 0.234 e. The van der Waals surface area contributed by atoms with Gasteiger partial charge in [0.25, 0.3) is 10.0 Å². The van der Waals surface area contributed by atoms with Crippen molar-refractivity contribution in [2.24, 2.45) is 0 Å². The molecule has 6 nitrogen and oxygen atoms in total. The van der Waals surface area contributed by atoms with Gasteiger partial charge in [0, 0.05) is 13.1 Å². The van der Waals surface area contributed by atoms with Crippen molar-refractivity contribution in [3.63, 3.8) is 0 Å². The van der Waals surface area contributed by atoms with E-state index in [9.17, 15) is 12.8 Å². The second-order valence-corrected chi connectivity index (χ2v) is 6.53. The summed E-state index contributed by atoms with van der Waals surface area (Å²) in [5.74, 6) is -0.442. The molecule has 9 heteroatoms. The van der Waals surface area contributed by atoms with E-state index in [4.69, 9.17) is 11.6 Å². The predicted octanol–water partition coefficient (Wildman–Crippen LogP) is 1.67. The third-order valence-electron chi connectivity index (χ3n) is 3.01. The number of aromatic nitrogens is 3. The molecular formula is C11H10ClFN4O2S. The highest BCUT2D eigenvalue weighted by Crippen LogP contribution is 2.29. The van der Waals surface area contributed by atoms with Gasteiger partial charge >= 0.3 is 0 Å². The Bertz CT molecular complexity index is 762. The highest BCUT2D eigenvalue weighted by Gasteiger charge is 2.32. The lowest BCUT2D eigenvalue weighted by Crippen LogP contribution is -2.38. The minimum absolute atomic E-state index is 0.0250. The van der Waals surface area contributed by atoms with Gasteiger partial charge in [0.1, 0.15) is 17.0 Å². The maximum absolute atomic E-state index is 13.3. The van der Waals surface area contributed by atoms with Crippen LogP contribution in [0.25, 0.3) is 0 Å². The van der Waals surface area contributed by atoms with Crippen LogP contribution in [0.5, 0.6) is 0 Å². The van der Waals surface area contributed by atoms with Gasteiger partial charge in [-0.1, -0.05) is 11.6 Å². The van der Waals surface area contributed by atoms with Crippen molar-refractivity contribution in [3.05, 3.63) is 35.4 Å². The number of fused-ring (bicyclic) bond motifs is 1. The molecule has 3 rings (SSSR count). The van der Waals surface area contributed by atoms with Gasteiger partial charge in [-0.15, -0.1) is 0 Å². The number of aryl methyl sites for hydroxylation is 1. The quantitative estimate of drug-likeness (QED) is 0.845. The fourth-order valence-corrected chi connectivity index (χ4v) is 4.04. The van der Waals surface area contributed by atoms with Gasteiger partial charge in [-0.2, -0.15) is 10.1 Å². The molecule has 0 atom stereocenters. The first-order valence-corrected chi connectivity index (χ1v) is 7.67. The Labute approximate surface area is 119 Å².